The predicted octanol–water partition coefficient (Wildman–Crippen LogP) is 3.05. The molecule has 1 aromatic rings. The average Bonchev–Trinajstić information content (AvgIpc) is 3.08. The highest BCUT2D eigenvalue weighted by atomic mass is 28.3. The van der Waals surface area contributed by atoms with E-state index in [0.717, 1.165) is 37.1 Å². The molecule has 2 rings (SSSR count). The fourth-order valence-corrected chi connectivity index (χ4v) is 3.55. The fraction of sp³-hybridized carbons (Fsp3) is 0.733. The third-order valence-electron chi connectivity index (χ3n) is 4.16. The number of anilines is 1. The van der Waals surface area contributed by atoms with Crippen LogP contribution in [-0.2, 0) is 11.5 Å². The lowest BCUT2D eigenvalue weighted by atomic mass is 10.2. The van der Waals surface area contributed by atoms with Gasteiger partial charge in [0.15, 0.2) is 0 Å². The topological polar surface area (TPSA) is 79.6 Å². The lowest BCUT2D eigenvalue weighted by Crippen LogP contribution is -2.31. The molecule has 1 fully saturated rings. The van der Waals surface area contributed by atoms with Crippen molar-refractivity contribution in [2.45, 2.75) is 51.3 Å². The Morgan fingerprint density at radius 2 is 2.26 bits per heavy atom. The SMILES string of the molecule is CNc1cnc(C2CCCN2C(=O)O)n1COCC[Si](C)(C)C. The monoisotopic (exact) mass is 340 g/mol. The number of amides is 1. The van der Waals surface area contributed by atoms with E-state index in [1.165, 1.54) is 4.90 Å². The number of carbonyl (C=O) groups is 1. The van der Waals surface area contributed by atoms with Crippen molar-refractivity contribution in [3.63, 3.8) is 0 Å². The van der Waals surface area contributed by atoms with E-state index in [0.29, 0.717) is 13.3 Å². The molecule has 1 aliphatic heterocycles. The Labute approximate surface area is 138 Å². The third kappa shape index (κ3) is 4.48. The highest BCUT2D eigenvalue weighted by Gasteiger charge is 2.33. The molecule has 2 heterocycles. The van der Waals surface area contributed by atoms with Crippen LogP contribution < -0.4 is 5.32 Å². The molecule has 7 nitrogen and oxygen atoms in total. The van der Waals surface area contributed by atoms with Gasteiger partial charge >= 0.3 is 6.09 Å². The standard InChI is InChI=1S/C15H28N4O3Si/c1-16-13-10-17-14(12-6-5-7-18(12)15(20)21)19(13)11-22-8-9-23(2,3)4/h10,12,16H,5-9,11H2,1-4H3,(H,20,21). The fourth-order valence-electron chi connectivity index (χ4n) is 2.79. The summed E-state index contributed by atoms with van der Waals surface area (Å²) in [5.74, 6) is 1.62. The molecule has 1 aromatic heterocycles. The van der Waals surface area contributed by atoms with Crippen LogP contribution in [0.25, 0.3) is 0 Å². The Kier molecular flexibility index (Phi) is 5.69. The van der Waals surface area contributed by atoms with Gasteiger partial charge < -0.3 is 15.2 Å². The zero-order valence-electron chi connectivity index (χ0n) is 14.5. The third-order valence-corrected chi connectivity index (χ3v) is 5.86. The number of carboxylic acid groups (broad SMARTS) is 1. The Hall–Kier alpha value is -1.54. The second-order valence-corrected chi connectivity index (χ2v) is 12.8. The number of likely N-dealkylation sites (tertiary alicyclic amines) is 1. The molecule has 1 atom stereocenters. The Bertz CT molecular complexity index is 541. The molecule has 8 heteroatoms. The minimum Gasteiger partial charge on any atom is -0.465 e. The molecule has 130 valence electrons. The predicted molar refractivity (Wildman–Crippen MR) is 92.6 cm³/mol. The molecule has 1 amide bonds. The van der Waals surface area contributed by atoms with Crippen LogP contribution in [-0.4, -0.2) is 53.9 Å². The lowest BCUT2D eigenvalue weighted by Gasteiger charge is -2.23. The van der Waals surface area contributed by atoms with Gasteiger partial charge in [0.2, 0.25) is 0 Å². The quantitative estimate of drug-likeness (QED) is 0.589. The summed E-state index contributed by atoms with van der Waals surface area (Å²) in [6.07, 6.45) is 2.54. The molecule has 2 N–H and O–H groups in total. The van der Waals surface area contributed by atoms with Gasteiger partial charge in [-0.1, -0.05) is 19.6 Å². The van der Waals surface area contributed by atoms with Gasteiger partial charge in [-0.2, -0.15) is 0 Å². The number of ether oxygens (including phenoxy) is 1. The van der Waals surface area contributed by atoms with E-state index in [9.17, 15) is 9.90 Å². The van der Waals surface area contributed by atoms with Gasteiger partial charge in [-0.25, -0.2) is 9.78 Å². The number of imidazole rings is 1. The zero-order chi connectivity index (χ0) is 17.0. The highest BCUT2D eigenvalue weighted by Crippen LogP contribution is 2.32. The summed E-state index contributed by atoms with van der Waals surface area (Å²) in [5.41, 5.74) is 0. The van der Waals surface area contributed by atoms with Crippen molar-refractivity contribution in [1.29, 1.82) is 0 Å². The van der Waals surface area contributed by atoms with Crippen LogP contribution in [0, 0.1) is 0 Å². The van der Waals surface area contributed by atoms with Gasteiger partial charge in [0.05, 0.1) is 12.2 Å². The van der Waals surface area contributed by atoms with E-state index in [1.54, 1.807) is 6.20 Å². The summed E-state index contributed by atoms with van der Waals surface area (Å²) in [6, 6.07) is 0.923. The van der Waals surface area contributed by atoms with E-state index in [1.807, 2.05) is 11.6 Å². The second-order valence-electron chi connectivity index (χ2n) is 7.16. The first-order valence-corrected chi connectivity index (χ1v) is 11.8. The molecule has 1 unspecified atom stereocenters. The van der Waals surface area contributed by atoms with E-state index in [2.05, 4.69) is 29.9 Å². The maximum atomic E-state index is 11.4. The van der Waals surface area contributed by atoms with Crippen LogP contribution in [0.15, 0.2) is 6.20 Å². The number of rotatable bonds is 7. The van der Waals surface area contributed by atoms with Crippen molar-refractivity contribution in [2.75, 3.05) is 25.5 Å². The first kappa shape index (κ1) is 17.8. The first-order chi connectivity index (χ1) is 10.8. The van der Waals surface area contributed by atoms with Crippen molar-refractivity contribution in [2.24, 2.45) is 0 Å². The summed E-state index contributed by atoms with van der Waals surface area (Å²) < 4.78 is 7.80. The summed E-state index contributed by atoms with van der Waals surface area (Å²) in [7, 11) is 0.719. The van der Waals surface area contributed by atoms with Crippen molar-refractivity contribution in [3.05, 3.63) is 12.0 Å². The first-order valence-electron chi connectivity index (χ1n) is 8.14. The van der Waals surface area contributed by atoms with Gasteiger partial charge in [-0.15, -0.1) is 0 Å². The van der Waals surface area contributed by atoms with Crippen molar-refractivity contribution in [3.8, 4) is 0 Å². The van der Waals surface area contributed by atoms with E-state index in [4.69, 9.17) is 4.74 Å². The molecule has 0 aromatic carbocycles. The van der Waals surface area contributed by atoms with Crippen LogP contribution >= 0.6 is 0 Å². The Morgan fingerprint density at radius 3 is 2.87 bits per heavy atom. The molecule has 1 saturated heterocycles. The number of nitrogens with one attached hydrogen (secondary N) is 1. The molecular formula is C15H28N4O3Si. The van der Waals surface area contributed by atoms with Crippen molar-refractivity contribution < 1.29 is 14.6 Å². The minimum absolute atomic E-state index is 0.185. The normalized spacial score (nSPS) is 18.4. The molecular weight excluding hydrogens is 312 g/mol. The molecule has 0 saturated carbocycles. The van der Waals surface area contributed by atoms with Gasteiger partial charge in [0, 0.05) is 28.3 Å². The summed E-state index contributed by atoms with van der Waals surface area (Å²) in [4.78, 5) is 17.3. The lowest BCUT2D eigenvalue weighted by molar-refractivity contribution is 0.0818. The molecule has 1 aliphatic rings. The van der Waals surface area contributed by atoms with Crippen LogP contribution in [0.3, 0.4) is 0 Å². The van der Waals surface area contributed by atoms with Crippen molar-refractivity contribution in [1.82, 2.24) is 14.5 Å². The second kappa shape index (κ2) is 7.35. The summed E-state index contributed by atoms with van der Waals surface area (Å²) in [6.45, 7) is 8.66. The number of aromatic nitrogens is 2. The number of nitrogens with zero attached hydrogens (tertiary/aromatic N) is 3. The van der Waals surface area contributed by atoms with Crippen LogP contribution in [0.2, 0.25) is 25.7 Å². The minimum atomic E-state index is -1.12. The van der Waals surface area contributed by atoms with E-state index < -0.39 is 14.2 Å². The molecule has 0 bridgehead atoms. The van der Waals surface area contributed by atoms with Gasteiger partial charge in [-0.3, -0.25) is 9.47 Å². The smallest absolute Gasteiger partial charge is 0.407 e. The molecule has 0 radical (unpaired) electrons. The van der Waals surface area contributed by atoms with Crippen LogP contribution in [0.1, 0.15) is 24.7 Å². The maximum Gasteiger partial charge on any atom is 0.407 e. The van der Waals surface area contributed by atoms with Gasteiger partial charge in [-0.05, 0) is 18.9 Å². The summed E-state index contributed by atoms with van der Waals surface area (Å²) >= 11 is 0. The van der Waals surface area contributed by atoms with Crippen LogP contribution in [0.4, 0.5) is 10.6 Å². The Balaban J connectivity index is 2.09. The average molecular weight is 341 g/mol. The van der Waals surface area contributed by atoms with Gasteiger partial charge in [0.1, 0.15) is 18.4 Å². The Morgan fingerprint density at radius 1 is 1.52 bits per heavy atom. The van der Waals surface area contributed by atoms with Gasteiger partial charge in [0.25, 0.3) is 0 Å². The largest absolute Gasteiger partial charge is 0.465 e. The number of hydrogen-bond acceptors (Lipinski definition) is 4. The summed E-state index contributed by atoms with van der Waals surface area (Å²) in [5, 5.41) is 12.5. The molecule has 0 aliphatic carbocycles. The maximum absolute atomic E-state index is 11.4. The zero-order valence-corrected chi connectivity index (χ0v) is 15.5. The molecule has 23 heavy (non-hydrogen) atoms. The van der Waals surface area contributed by atoms with E-state index in [-0.39, 0.29) is 6.04 Å². The highest BCUT2D eigenvalue weighted by molar-refractivity contribution is 6.76. The van der Waals surface area contributed by atoms with Crippen molar-refractivity contribution >= 4 is 20.0 Å². The van der Waals surface area contributed by atoms with Crippen LogP contribution in [0.5, 0.6) is 0 Å². The number of hydrogen-bond donors (Lipinski definition) is 2. The van der Waals surface area contributed by atoms with E-state index >= 15 is 0 Å². The molecule has 0 spiro atoms.